The molecule has 0 aliphatic rings. The van der Waals surface area contributed by atoms with Crippen LogP contribution in [0.3, 0.4) is 0 Å². The summed E-state index contributed by atoms with van der Waals surface area (Å²) < 4.78 is 78.6. The van der Waals surface area contributed by atoms with Crippen molar-refractivity contribution in [2.24, 2.45) is 7.05 Å². The number of benzene rings is 1. The average Bonchev–Trinajstić information content (AvgIpc) is 2.92. The summed E-state index contributed by atoms with van der Waals surface area (Å²) in [5.41, 5.74) is -3.23. The molecule has 1 aromatic heterocycles. The Balaban J connectivity index is 2.36. The van der Waals surface area contributed by atoms with E-state index in [1.807, 2.05) is 0 Å². The number of nitrogens with one attached hydrogen (secondary N) is 2. The number of halogens is 6. The van der Waals surface area contributed by atoms with Gasteiger partial charge in [0.25, 0.3) is 0 Å². The molecule has 0 saturated carbocycles. The maximum atomic E-state index is 12.9. The largest absolute Gasteiger partial charge is 0.416 e. The molecule has 2 rings (SSSR count). The van der Waals surface area contributed by atoms with Gasteiger partial charge in [-0.3, -0.25) is 9.48 Å². The Labute approximate surface area is 144 Å². The van der Waals surface area contributed by atoms with E-state index in [-0.39, 0.29) is 6.07 Å². The highest BCUT2D eigenvalue weighted by atomic mass is 19.4. The number of anilines is 1. The molecule has 0 bridgehead atoms. The molecule has 1 aromatic carbocycles. The number of amides is 1. The quantitative estimate of drug-likeness (QED) is 0.800. The van der Waals surface area contributed by atoms with Crippen molar-refractivity contribution in [3.05, 3.63) is 47.3 Å². The van der Waals surface area contributed by atoms with Gasteiger partial charge < -0.3 is 10.6 Å². The first kappa shape index (κ1) is 19.8. The van der Waals surface area contributed by atoms with Crippen LogP contribution in [0, 0.1) is 0 Å². The van der Waals surface area contributed by atoms with Gasteiger partial charge in [-0.2, -0.15) is 31.4 Å². The first-order valence-corrected chi connectivity index (χ1v) is 7.18. The summed E-state index contributed by atoms with van der Waals surface area (Å²) in [5, 5.41) is 8.59. The van der Waals surface area contributed by atoms with Crippen molar-refractivity contribution >= 4 is 11.6 Å². The van der Waals surface area contributed by atoms with Crippen LogP contribution in [-0.4, -0.2) is 22.7 Å². The summed E-state index contributed by atoms with van der Waals surface area (Å²) in [5.74, 6) is -0.826. The molecule has 1 amide bonds. The number of alkyl halides is 6. The van der Waals surface area contributed by atoms with Crippen molar-refractivity contribution in [1.82, 2.24) is 15.1 Å². The third-order valence-electron chi connectivity index (χ3n) is 3.46. The van der Waals surface area contributed by atoms with Crippen molar-refractivity contribution < 1.29 is 31.1 Å². The number of carbonyl (C=O) groups excluding carboxylic acids is 1. The van der Waals surface area contributed by atoms with Crippen LogP contribution >= 0.6 is 0 Å². The fourth-order valence-electron chi connectivity index (χ4n) is 2.28. The number of rotatable bonds is 4. The highest BCUT2D eigenvalue weighted by molar-refractivity contribution is 5.95. The molecule has 0 radical (unpaired) electrons. The molecule has 1 heterocycles. The number of hydrogen-bond acceptors (Lipinski definition) is 3. The fourth-order valence-corrected chi connectivity index (χ4v) is 2.28. The van der Waals surface area contributed by atoms with E-state index in [2.05, 4.69) is 15.7 Å². The predicted molar refractivity (Wildman–Crippen MR) is 80.1 cm³/mol. The summed E-state index contributed by atoms with van der Waals surface area (Å²) in [4.78, 5) is 12.3. The normalized spacial score (nSPS) is 13.5. The molecular weight excluding hydrogens is 366 g/mol. The van der Waals surface area contributed by atoms with E-state index in [1.165, 1.54) is 24.1 Å². The van der Waals surface area contributed by atoms with Gasteiger partial charge in [0, 0.05) is 24.5 Å². The Kier molecular flexibility index (Phi) is 5.31. The van der Waals surface area contributed by atoms with Crippen molar-refractivity contribution in [3.63, 3.8) is 0 Å². The van der Waals surface area contributed by atoms with Gasteiger partial charge in [-0.25, -0.2) is 0 Å². The third kappa shape index (κ3) is 4.54. The lowest BCUT2D eigenvalue weighted by atomic mass is 10.1. The SMILES string of the molecule is CNC(C(=O)Nc1cc(C(F)(F)F)cc(C(F)(F)F)c1)c1cnn(C)c1. The second-order valence-corrected chi connectivity index (χ2v) is 5.45. The highest BCUT2D eigenvalue weighted by Crippen LogP contribution is 2.37. The Morgan fingerprint density at radius 3 is 2.00 bits per heavy atom. The lowest BCUT2D eigenvalue weighted by molar-refractivity contribution is -0.143. The molecule has 0 aliphatic heterocycles. The van der Waals surface area contributed by atoms with Crippen LogP contribution in [0.5, 0.6) is 0 Å². The zero-order chi connectivity index (χ0) is 19.7. The van der Waals surface area contributed by atoms with Gasteiger partial charge in [0.1, 0.15) is 6.04 Å². The second-order valence-electron chi connectivity index (χ2n) is 5.45. The van der Waals surface area contributed by atoms with E-state index in [9.17, 15) is 31.1 Å². The minimum Gasteiger partial charge on any atom is -0.324 e. The maximum absolute atomic E-state index is 12.9. The second kappa shape index (κ2) is 6.98. The number of carbonyl (C=O) groups is 1. The van der Waals surface area contributed by atoms with Crippen molar-refractivity contribution in [2.45, 2.75) is 18.4 Å². The third-order valence-corrected chi connectivity index (χ3v) is 3.46. The topological polar surface area (TPSA) is 59.0 Å². The summed E-state index contributed by atoms with van der Waals surface area (Å²) in [6, 6.07) is -0.119. The zero-order valence-electron chi connectivity index (χ0n) is 13.5. The predicted octanol–water partition coefficient (Wildman–Crippen LogP) is 3.36. The summed E-state index contributed by atoms with van der Waals surface area (Å²) in [6.07, 6.45) is -7.14. The highest BCUT2D eigenvalue weighted by Gasteiger charge is 2.37. The molecular formula is C15H14F6N4O. The monoisotopic (exact) mass is 380 g/mol. The molecule has 11 heteroatoms. The smallest absolute Gasteiger partial charge is 0.324 e. The lowest BCUT2D eigenvalue weighted by Gasteiger charge is -2.17. The minimum absolute atomic E-state index is 0.00761. The standard InChI is InChI=1S/C15H14F6N4O/c1-22-12(8-6-23-25(2)7-8)13(26)24-11-4-9(14(16,17)18)3-10(5-11)15(19,20)21/h3-7,12,22H,1-2H3,(H,24,26). The van der Waals surface area contributed by atoms with Gasteiger partial charge in [0.05, 0.1) is 17.3 Å². The summed E-state index contributed by atoms with van der Waals surface area (Å²) >= 11 is 0. The lowest BCUT2D eigenvalue weighted by Crippen LogP contribution is -2.30. The molecule has 142 valence electrons. The van der Waals surface area contributed by atoms with E-state index < -0.39 is 41.1 Å². The van der Waals surface area contributed by atoms with Crippen molar-refractivity contribution in [1.29, 1.82) is 0 Å². The number of aryl methyl sites for hydroxylation is 1. The molecule has 26 heavy (non-hydrogen) atoms. The van der Waals surface area contributed by atoms with Gasteiger partial charge >= 0.3 is 12.4 Å². The van der Waals surface area contributed by atoms with E-state index in [0.717, 1.165) is 0 Å². The number of nitrogens with zero attached hydrogens (tertiary/aromatic N) is 2. The molecule has 5 nitrogen and oxygen atoms in total. The molecule has 2 aromatic rings. The Bertz CT molecular complexity index is 764. The first-order valence-electron chi connectivity index (χ1n) is 7.18. The Morgan fingerprint density at radius 2 is 1.62 bits per heavy atom. The molecule has 1 unspecified atom stereocenters. The van der Waals surface area contributed by atoms with Gasteiger partial charge in [-0.05, 0) is 25.2 Å². The fraction of sp³-hybridized carbons (Fsp3) is 0.333. The molecule has 0 saturated heterocycles. The average molecular weight is 380 g/mol. The molecule has 0 fully saturated rings. The van der Waals surface area contributed by atoms with Crippen LogP contribution in [-0.2, 0) is 24.2 Å². The molecule has 0 spiro atoms. The number of likely N-dealkylation sites (N-methyl/N-ethyl adjacent to an activating group) is 1. The molecule has 0 aliphatic carbocycles. The van der Waals surface area contributed by atoms with Crippen LogP contribution in [0.15, 0.2) is 30.6 Å². The van der Waals surface area contributed by atoms with E-state index in [0.29, 0.717) is 17.7 Å². The van der Waals surface area contributed by atoms with Gasteiger partial charge in [0.2, 0.25) is 5.91 Å². The van der Waals surface area contributed by atoms with Crippen molar-refractivity contribution in [3.8, 4) is 0 Å². The number of aromatic nitrogens is 2. The van der Waals surface area contributed by atoms with Crippen molar-refractivity contribution in [2.75, 3.05) is 12.4 Å². The molecule has 2 N–H and O–H groups in total. The van der Waals surface area contributed by atoms with Crippen LogP contribution in [0.4, 0.5) is 32.0 Å². The van der Waals surface area contributed by atoms with Gasteiger partial charge in [0.15, 0.2) is 0 Å². The summed E-state index contributed by atoms with van der Waals surface area (Å²) in [7, 11) is 3.01. The van der Waals surface area contributed by atoms with E-state index in [1.54, 1.807) is 7.05 Å². The first-order chi connectivity index (χ1) is 11.9. The van der Waals surface area contributed by atoms with Crippen LogP contribution < -0.4 is 10.6 Å². The van der Waals surface area contributed by atoms with Crippen LogP contribution in [0.25, 0.3) is 0 Å². The van der Waals surface area contributed by atoms with Crippen LogP contribution in [0.2, 0.25) is 0 Å². The van der Waals surface area contributed by atoms with E-state index >= 15 is 0 Å². The molecule has 1 atom stereocenters. The van der Waals surface area contributed by atoms with Gasteiger partial charge in [-0.15, -0.1) is 0 Å². The summed E-state index contributed by atoms with van der Waals surface area (Å²) in [6.45, 7) is 0. The zero-order valence-corrected chi connectivity index (χ0v) is 13.5. The van der Waals surface area contributed by atoms with E-state index in [4.69, 9.17) is 0 Å². The number of hydrogen-bond donors (Lipinski definition) is 2. The minimum atomic E-state index is -4.99. The van der Waals surface area contributed by atoms with Crippen LogP contribution in [0.1, 0.15) is 22.7 Å². The Hall–Kier alpha value is -2.56. The van der Waals surface area contributed by atoms with Gasteiger partial charge in [-0.1, -0.05) is 0 Å². The Morgan fingerprint density at radius 1 is 1.08 bits per heavy atom. The maximum Gasteiger partial charge on any atom is 0.416 e.